The zero-order chi connectivity index (χ0) is 21.0. The Kier molecular flexibility index (Phi) is 5.92. The van der Waals surface area contributed by atoms with E-state index in [-0.39, 0.29) is 30.4 Å². The van der Waals surface area contributed by atoms with Crippen LogP contribution in [-0.2, 0) is 6.18 Å². The van der Waals surface area contributed by atoms with Crippen LogP contribution in [0.25, 0.3) is 11.5 Å². The normalized spacial score (nSPS) is 12.6. The second-order valence-corrected chi connectivity index (χ2v) is 6.29. The number of aromatic nitrogens is 3. The van der Waals surface area contributed by atoms with E-state index in [1.54, 1.807) is 24.3 Å². The predicted octanol–water partition coefficient (Wildman–Crippen LogP) is 3.31. The molecular formula is C19H17F3N4O3. The second kappa shape index (κ2) is 8.39. The first-order valence-electron chi connectivity index (χ1n) is 8.63. The van der Waals surface area contributed by atoms with Crippen molar-refractivity contribution < 1.29 is 27.6 Å². The van der Waals surface area contributed by atoms with Crippen LogP contribution < -0.4 is 5.32 Å². The molecule has 1 atom stereocenters. The van der Waals surface area contributed by atoms with Crippen LogP contribution in [0.15, 0.2) is 47.1 Å². The number of hydrogen-bond donors (Lipinski definition) is 2. The number of benzene rings is 1. The van der Waals surface area contributed by atoms with Gasteiger partial charge in [-0.05, 0) is 37.6 Å². The van der Waals surface area contributed by atoms with E-state index in [2.05, 4.69) is 20.4 Å². The molecule has 0 aliphatic rings. The maximum atomic E-state index is 12.6. The molecule has 1 aromatic carbocycles. The van der Waals surface area contributed by atoms with E-state index in [1.807, 2.05) is 6.92 Å². The number of carbonyl (C=O) groups is 1. The minimum Gasteiger partial charge on any atom is -0.396 e. The number of nitrogens with one attached hydrogen (secondary N) is 1. The van der Waals surface area contributed by atoms with Crippen LogP contribution in [0.4, 0.5) is 13.2 Å². The highest BCUT2D eigenvalue weighted by Gasteiger charge is 2.31. The number of aliphatic hydroxyl groups excluding tert-OH is 1. The molecular weight excluding hydrogens is 389 g/mol. The zero-order valence-electron chi connectivity index (χ0n) is 15.3. The number of amides is 1. The van der Waals surface area contributed by atoms with Crippen LogP contribution in [0.1, 0.15) is 39.8 Å². The van der Waals surface area contributed by atoms with Gasteiger partial charge in [0.15, 0.2) is 0 Å². The van der Waals surface area contributed by atoms with Crippen molar-refractivity contribution in [3.63, 3.8) is 0 Å². The first-order chi connectivity index (χ1) is 13.8. The summed E-state index contributed by atoms with van der Waals surface area (Å²) in [6.45, 7) is 1.64. The Morgan fingerprint density at radius 1 is 1.21 bits per heavy atom. The molecule has 0 saturated heterocycles. The summed E-state index contributed by atoms with van der Waals surface area (Å²) in [7, 11) is 0. The highest BCUT2D eigenvalue weighted by Crippen LogP contribution is 2.29. The van der Waals surface area contributed by atoms with Gasteiger partial charge in [-0.25, -0.2) is 0 Å². The van der Waals surface area contributed by atoms with Crippen LogP contribution in [0.3, 0.4) is 0 Å². The monoisotopic (exact) mass is 406 g/mol. The summed E-state index contributed by atoms with van der Waals surface area (Å²) < 4.78 is 43.1. The molecule has 2 aromatic heterocycles. The maximum absolute atomic E-state index is 12.6. The van der Waals surface area contributed by atoms with Crippen molar-refractivity contribution >= 4 is 5.91 Å². The van der Waals surface area contributed by atoms with E-state index >= 15 is 0 Å². The Labute approximate surface area is 163 Å². The van der Waals surface area contributed by atoms with Gasteiger partial charge in [0.1, 0.15) is 11.7 Å². The molecule has 0 spiro atoms. The smallest absolute Gasteiger partial charge is 0.396 e. The Morgan fingerprint density at radius 3 is 2.52 bits per heavy atom. The van der Waals surface area contributed by atoms with Gasteiger partial charge in [-0.15, -0.1) is 0 Å². The van der Waals surface area contributed by atoms with Gasteiger partial charge in [0.2, 0.25) is 11.7 Å². The summed E-state index contributed by atoms with van der Waals surface area (Å²) in [5, 5.41) is 15.7. The van der Waals surface area contributed by atoms with Crippen molar-refractivity contribution in [2.45, 2.75) is 25.6 Å². The molecule has 3 rings (SSSR count). The largest absolute Gasteiger partial charge is 0.417 e. The van der Waals surface area contributed by atoms with Gasteiger partial charge >= 0.3 is 6.18 Å². The summed E-state index contributed by atoms with van der Waals surface area (Å²) >= 11 is 0. The quantitative estimate of drug-likeness (QED) is 0.651. The highest BCUT2D eigenvalue weighted by atomic mass is 19.4. The Balaban J connectivity index is 1.78. The lowest BCUT2D eigenvalue weighted by Crippen LogP contribution is -2.29. The number of aryl methyl sites for hydroxylation is 1. The molecule has 0 bridgehead atoms. The highest BCUT2D eigenvalue weighted by molar-refractivity contribution is 5.94. The third-order valence-corrected chi connectivity index (χ3v) is 4.10. The van der Waals surface area contributed by atoms with E-state index in [4.69, 9.17) is 4.52 Å². The van der Waals surface area contributed by atoms with Crippen LogP contribution in [0.5, 0.6) is 0 Å². The Hall–Kier alpha value is -3.27. The molecule has 0 unspecified atom stereocenters. The molecule has 2 heterocycles. The maximum Gasteiger partial charge on any atom is 0.417 e. The number of nitrogens with zero attached hydrogens (tertiary/aromatic N) is 3. The fourth-order valence-corrected chi connectivity index (χ4v) is 2.51. The first kappa shape index (κ1) is 20.5. The number of aliphatic hydroxyl groups is 1. The third kappa shape index (κ3) is 4.96. The van der Waals surface area contributed by atoms with E-state index in [1.165, 1.54) is 0 Å². The molecule has 10 heteroatoms. The van der Waals surface area contributed by atoms with E-state index in [0.29, 0.717) is 11.8 Å². The van der Waals surface area contributed by atoms with Crippen LogP contribution >= 0.6 is 0 Å². The van der Waals surface area contributed by atoms with Crippen molar-refractivity contribution in [1.29, 1.82) is 0 Å². The molecule has 0 aliphatic carbocycles. The summed E-state index contributed by atoms with van der Waals surface area (Å²) in [4.78, 5) is 20.2. The Morgan fingerprint density at radius 2 is 1.93 bits per heavy atom. The molecule has 7 nitrogen and oxygen atoms in total. The van der Waals surface area contributed by atoms with Gasteiger partial charge in [0.25, 0.3) is 5.91 Å². The molecule has 29 heavy (non-hydrogen) atoms. The predicted molar refractivity (Wildman–Crippen MR) is 95.6 cm³/mol. The number of halogens is 3. The molecule has 0 saturated carbocycles. The minimum absolute atomic E-state index is 0.0104. The molecule has 3 aromatic rings. The van der Waals surface area contributed by atoms with Gasteiger partial charge < -0.3 is 14.9 Å². The molecule has 2 N–H and O–H groups in total. The number of pyridine rings is 1. The topological polar surface area (TPSA) is 101 Å². The van der Waals surface area contributed by atoms with E-state index in [0.717, 1.165) is 17.7 Å². The van der Waals surface area contributed by atoms with Crippen LogP contribution in [-0.4, -0.2) is 32.7 Å². The van der Waals surface area contributed by atoms with Crippen molar-refractivity contribution in [3.8, 4) is 11.5 Å². The number of alkyl halides is 3. The van der Waals surface area contributed by atoms with E-state index in [9.17, 15) is 23.1 Å². The van der Waals surface area contributed by atoms with Crippen molar-refractivity contribution in [2.24, 2.45) is 0 Å². The molecule has 1 amide bonds. The summed E-state index contributed by atoms with van der Waals surface area (Å²) in [6, 6.07) is 8.11. The first-order valence-corrected chi connectivity index (χ1v) is 8.63. The average Bonchev–Trinajstić information content (AvgIpc) is 3.17. The summed E-state index contributed by atoms with van der Waals surface area (Å²) in [5.74, 6) is -0.409. The minimum atomic E-state index is -4.50. The number of carbonyl (C=O) groups excluding carboxylic acids is 1. The van der Waals surface area contributed by atoms with Crippen molar-refractivity contribution in [1.82, 2.24) is 20.4 Å². The van der Waals surface area contributed by atoms with Gasteiger partial charge in [-0.3, -0.25) is 9.78 Å². The van der Waals surface area contributed by atoms with Crippen LogP contribution in [0.2, 0.25) is 0 Å². The second-order valence-electron chi connectivity index (χ2n) is 6.29. The lowest BCUT2D eigenvalue weighted by atomic mass is 10.1. The molecule has 0 radical (unpaired) electrons. The van der Waals surface area contributed by atoms with Crippen molar-refractivity contribution in [2.75, 3.05) is 6.61 Å². The zero-order valence-corrected chi connectivity index (χ0v) is 15.3. The Bertz CT molecular complexity index is 970. The van der Waals surface area contributed by atoms with Crippen molar-refractivity contribution in [3.05, 3.63) is 65.2 Å². The van der Waals surface area contributed by atoms with Gasteiger partial charge in [-0.2, -0.15) is 18.2 Å². The van der Waals surface area contributed by atoms with Crippen LogP contribution in [0, 0.1) is 6.92 Å². The third-order valence-electron chi connectivity index (χ3n) is 4.10. The van der Waals surface area contributed by atoms with Gasteiger partial charge in [0, 0.05) is 18.4 Å². The molecule has 0 fully saturated rings. The fraction of sp³-hybridized carbons (Fsp3) is 0.263. The SMILES string of the molecule is Cc1ccc(C(=O)N[C@@H](CCO)c2nc(-c3ccc(C(F)(F)F)cn3)no2)cc1. The molecule has 152 valence electrons. The number of rotatable bonds is 6. The average molecular weight is 406 g/mol. The summed E-state index contributed by atoms with van der Waals surface area (Å²) in [5.41, 5.74) is 0.607. The number of hydrogen-bond acceptors (Lipinski definition) is 6. The lowest BCUT2D eigenvalue weighted by molar-refractivity contribution is -0.137. The molecule has 0 aliphatic heterocycles. The summed E-state index contributed by atoms with van der Waals surface area (Å²) in [6.07, 6.45) is -3.71. The van der Waals surface area contributed by atoms with Gasteiger partial charge in [-0.1, -0.05) is 22.9 Å². The lowest BCUT2D eigenvalue weighted by Gasteiger charge is -2.13. The van der Waals surface area contributed by atoms with Gasteiger partial charge in [0.05, 0.1) is 5.56 Å². The van der Waals surface area contributed by atoms with E-state index < -0.39 is 23.7 Å². The fourth-order valence-electron chi connectivity index (χ4n) is 2.51. The standard InChI is InChI=1S/C19H17F3N4O3/c1-11-2-4-12(5-3-11)17(28)24-15(8-9-27)18-25-16(26-29-18)14-7-6-13(10-23-14)19(20,21)22/h2-7,10,15,27H,8-9H2,1H3,(H,24,28)/t15-/m0/s1.